The minimum atomic E-state index is -0.846. The van der Waals surface area contributed by atoms with Gasteiger partial charge >= 0.3 is 0 Å². The Morgan fingerprint density at radius 2 is 1.97 bits per heavy atom. The van der Waals surface area contributed by atoms with Crippen LogP contribution in [-0.4, -0.2) is 41.5 Å². The largest absolute Gasteiger partial charge is 0.361 e. The fraction of sp³-hybridized carbons (Fsp3) is 0.346. The van der Waals surface area contributed by atoms with E-state index in [4.69, 9.17) is 4.52 Å². The molecule has 1 saturated heterocycles. The Morgan fingerprint density at radius 3 is 2.70 bits per heavy atom. The fourth-order valence-electron chi connectivity index (χ4n) is 4.46. The molecule has 0 unspecified atom stereocenters. The molecule has 2 aromatic carbocycles. The van der Waals surface area contributed by atoms with E-state index in [9.17, 15) is 14.0 Å². The molecular weight excluding hydrogens is 421 g/mol. The molecule has 1 atom stereocenters. The van der Waals surface area contributed by atoms with Crippen LogP contribution >= 0.6 is 0 Å². The second-order valence-electron chi connectivity index (χ2n) is 8.70. The zero-order valence-electron chi connectivity index (χ0n) is 18.9. The smallest absolute Gasteiger partial charge is 0.253 e. The molecular formula is C26H28FN3O3. The summed E-state index contributed by atoms with van der Waals surface area (Å²) in [6, 6.07) is 15.5. The van der Waals surface area contributed by atoms with E-state index in [0.29, 0.717) is 43.8 Å². The first kappa shape index (κ1) is 22.7. The second-order valence-corrected chi connectivity index (χ2v) is 8.70. The van der Waals surface area contributed by atoms with Crippen molar-refractivity contribution in [3.63, 3.8) is 0 Å². The molecule has 0 spiro atoms. The van der Waals surface area contributed by atoms with Crippen LogP contribution in [0.15, 0.2) is 59.1 Å². The lowest BCUT2D eigenvalue weighted by molar-refractivity contribution is -0.133. The summed E-state index contributed by atoms with van der Waals surface area (Å²) in [7, 11) is 0. The van der Waals surface area contributed by atoms with Crippen LogP contribution in [0.4, 0.5) is 4.39 Å². The summed E-state index contributed by atoms with van der Waals surface area (Å²) in [5.74, 6) is -0.258. The maximum atomic E-state index is 13.7. The SMILES string of the molecule is CCNC(=O)[C@]1(Cc2cc(-c3ccc(C)cc3)no2)CCCN(C(=O)c2cccc(F)c2)C1. The van der Waals surface area contributed by atoms with E-state index in [-0.39, 0.29) is 23.9 Å². The maximum absolute atomic E-state index is 13.7. The van der Waals surface area contributed by atoms with Crippen LogP contribution in [-0.2, 0) is 11.2 Å². The molecule has 1 aromatic heterocycles. The number of likely N-dealkylation sites (tertiary alicyclic amines) is 1. The Hall–Kier alpha value is -3.48. The van der Waals surface area contributed by atoms with E-state index >= 15 is 0 Å². The quantitative estimate of drug-likeness (QED) is 0.606. The fourth-order valence-corrected chi connectivity index (χ4v) is 4.46. The molecule has 2 amide bonds. The van der Waals surface area contributed by atoms with Gasteiger partial charge in [0, 0.05) is 43.2 Å². The van der Waals surface area contributed by atoms with Crippen LogP contribution in [0.25, 0.3) is 11.3 Å². The van der Waals surface area contributed by atoms with Gasteiger partial charge in [0.2, 0.25) is 5.91 Å². The number of carbonyl (C=O) groups excluding carboxylic acids is 2. The number of piperidine rings is 1. The lowest BCUT2D eigenvalue weighted by Crippen LogP contribution is -2.54. The van der Waals surface area contributed by atoms with Crippen molar-refractivity contribution >= 4 is 11.8 Å². The highest BCUT2D eigenvalue weighted by atomic mass is 19.1. The van der Waals surface area contributed by atoms with Gasteiger partial charge in [-0.15, -0.1) is 0 Å². The summed E-state index contributed by atoms with van der Waals surface area (Å²) in [5.41, 5.74) is 2.24. The van der Waals surface area contributed by atoms with Crippen LogP contribution < -0.4 is 5.32 Å². The van der Waals surface area contributed by atoms with Crippen molar-refractivity contribution in [2.75, 3.05) is 19.6 Å². The number of aromatic nitrogens is 1. The zero-order valence-corrected chi connectivity index (χ0v) is 18.9. The lowest BCUT2D eigenvalue weighted by atomic mass is 9.75. The average Bonchev–Trinajstić information content (AvgIpc) is 3.27. The van der Waals surface area contributed by atoms with Gasteiger partial charge in [0.25, 0.3) is 5.91 Å². The number of hydrogen-bond donors (Lipinski definition) is 1. The molecule has 3 aromatic rings. The first-order chi connectivity index (χ1) is 15.9. The summed E-state index contributed by atoms with van der Waals surface area (Å²) < 4.78 is 19.3. The normalized spacial score (nSPS) is 18.2. The van der Waals surface area contributed by atoms with Gasteiger partial charge in [-0.25, -0.2) is 4.39 Å². The number of halogens is 1. The molecule has 1 aliphatic rings. The molecule has 4 rings (SSSR count). The molecule has 172 valence electrons. The predicted octanol–water partition coefficient (Wildman–Crippen LogP) is 4.39. The molecule has 33 heavy (non-hydrogen) atoms. The van der Waals surface area contributed by atoms with Crippen molar-refractivity contribution in [1.82, 2.24) is 15.4 Å². The standard InChI is InChI=1S/C26H28FN3O3/c1-3-28-25(32)26(16-22-15-23(29-33-22)19-10-8-18(2)9-11-19)12-5-13-30(17-26)24(31)20-6-4-7-21(27)14-20/h4,6-11,14-15H,3,5,12-13,16-17H2,1-2H3,(H,28,32)/t26-/m0/s1. The summed E-state index contributed by atoms with van der Waals surface area (Å²) in [5, 5.41) is 7.13. The number of hydrogen-bond acceptors (Lipinski definition) is 4. The monoisotopic (exact) mass is 449 g/mol. The van der Waals surface area contributed by atoms with Crippen LogP contribution in [0.2, 0.25) is 0 Å². The van der Waals surface area contributed by atoms with Gasteiger partial charge in [0.1, 0.15) is 17.3 Å². The minimum Gasteiger partial charge on any atom is -0.361 e. The number of rotatable bonds is 6. The van der Waals surface area contributed by atoms with Crippen LogP contribution in [0.3, 0.4) is 0 Å². The summed E-state index contributed by atoms with van der Waals surface area (Å²) >= 11 is 0. The van der Waals surface area contributed by atoms with E-state index in [1.54, 1.807) is 11.0 Å². The lowest BCUT2D eigenvalue weighted by Gasteiger charge is -2.41. The van der Waals surface area contributed by atoms with E-state index in [1.807, 2.05) is 44.2 Å². The van der Waals surface area contributed by atoms with Crippen molar-refractivity contribution < 1.29 is 18.5 Å². The highest BCUT2D eigenvalue weighted by Gasteiger charge is 2.44. The molecule has 1 fully saturated rings. The second kappa shape index (κ2) is 9.57. The molecule has 6 nitrogen and oxygen atoms in total. The molecule has 0 aliphatic carbocycles. The van der Waals surface area contributed by atoms with E-state index in [0.717, 1.165) is 11.1 Å². The molecule has 2 heterocycles. The highest BCUT2D eigenvalue weighted by Crippen LogP contribution is 2.36. The highest BCUT2D eigenvalue weighted by molar-refractivity contribution is 5.95. The van der Waals surface area contributed by atoms with Crippen LogP contribution in [0, 0.1) is 18.2 Å². The third-order valence-corrected chi connectivity index (χ3v) is 6.17. The Kier molecular flexibility index (Phi) is 6.58. The first-order valence-corrected chi connectivity index (χ1v) is 11.3. The third-order valence-electron chi connectivity index (χ3n) is 6.17. The Bertz CT molecular complexity index is 1140. The summed E-state index contributed by atoms with van der Waals surface area (Å²) in [6.07, 6.45) is 1.61. The third kappa shape index (κ3) is 4.97. The Morgan fingerprint density at radius 1 is 1.18 bits per heavy atom. The van der Waals surface area contributed by atoms with Gasteiger partial charge in [-0.1, -0.05) is 41.1 Å². The van der Waals surface area contributed by atoms with Gasteiger partial charge in [-0.05, 0) is 44.9 Å². The topological polar surface area (TPSA) is 75.4 Å². The number of carbonyl (C=O) groups is 2. The zero-order chi connectivity index (χ0) is 23.4. The Balaban J connectivity index is 1.59. The van der Waals surface area contributed by atoms with Crippen molar-refractivity contribution in [3.8, 4) is 11.3 Å². The van der Waals surface area contributed by atoms with Crippen molar-refractivity contribution in [3.05, 3.63) is 77.3 Å². The maximum Gasteiger partial charge on any atom is 0.253 e. The average molecular weight is 450 g/mol. The minimum absolute atomic E-state index is 0.116. The summed E-state index contributed by atoms with van der Waals surface area (Å²) in [6.45, 7) is 5.13. The van der Waals surface area contributed by atoms with E-state index < -0.39 is 11.2 Å². The number of benzene rings is 2. The van der Waals surface area contributed by atoms with E-state index in [2.05, 4.69) is 10.5 Å². The molecule has 0 radical (unpaired) electrons. The van der Waals surface area contributed by atoms with Gasteiger partial charge in [-0.3, -0.25) is 9.59 Å². The number of nitrogens with zero attached hydrogens (tertiary/aromatic N) is 2. The molecule has 7 heteroatoms. The van der Waals surface area contributed by atoms with Crippen molar-refractivity contribution in [1.29, 1.82) is 0 Å². The van der Waals surface area contributed by atoms with Crippen LogP contribution in [0.5, 0.6) is 0 Å². The van der Waals surface area contributed by atoms with E-state index in [1.165, 1.54) is 18.2 Å². The van der Waals surface area contributed by atoms with Crippen molar-refractivity contribution in [2.45, 2.75) is 33.1 Å². The molecule has 0 bridgehead atoms. The molecule has 0 saturated carbocycles. The van der Waals surface area contributed by atoms with Crippen molar-refractivity contribution in [2.24, 2.45) is 5.41 Å². The summed E-state index contributed by atoms with van der Waals surface area (Å²) in [4.78, 5) is 28.0. The van der Waals surface area contributed by atoms with Gasteiger partial charge < -0.3 is 14.7 Å². The number of amides is 2. The first-order valence-electron chi connectivity index (χ1n) is 11.3. The number of aryl methyl sites for hydroxylation is 1. The molecule has 1 N–H and O–H groups in total. The molecule has 1 aliphatic heterocycles. The predicted molar refractivity (Wildman–Crippen MR) is 123 cm³/mol. The van der Waals surface area contributed by atoms with Crippen LogP contribution in [0.1, 0.15) is 41.4 Å². The number of nitrogens with one attached hydrogen (secondary N) is 1. The Labute approximate surface area is 192 Å². The van der Waals surface area contributed by atoms with Gasteiger partial charge in [-0.2, -0.15) is 0 Å². The van der Waals surface area contributed by atoms with Gasteiger partial charge in [0.05, 0.1) is 5.41 Å². The van der Waals surface area contributed by atoms with Gasteiger partial charge in [0.15, 0.2) is 0 Å².